The van der Waals surface area contributed by atoms with Crippen LogP contribution in [0, 0.1) is 11.8 Å². The molecule has 118 valence electrons. The molecule has 0 aliphatic heterocycles. The highest BCUT2D eigenvalue weighted by Crippen LogP contribution is 2.05. The molecule has 1 N–H and O–H groups in total. The van der Waals surface area contributed by atoms with Crippen molar-refractivity contribution in [1.82, 2.24) is 5.32 Å². The molecular formula is C23H21N. The van der Waals surface area contributed by atoms with E-state index in [1.165, 1.54) is 11.1 Å². The Morgan fingerprint density at radius 1 is 0.625 bits per heavy atom. The van der Waals surface area contributed by atoms with Crippen LogP contribution in [-0.2, 0) is 13.0 Å². The van der Waals surface area contributed by atoms with Crippen molar-refractivity contribution in [2.45, 2.75) is 13.0 Å². The Bertz CT molecular complexity index is 811. The Balaban J connectivity index is 1.53. The minimum absolute atomic E-state index is 0.869. The molecule has 0 aromatic heterocycles. The van der Waals surface area contributed by atoms with Crippen molar-refractivity contribution in [3.63, 3.8) is 0 Å². The minimum atomic E-state index is 0.869. The van der Waals surface area contributed by atoms with E-state index in [1.54, 1.807) is 0 Å². The molecule has 0 radical (unpaired) electrons. The van der Waals surface area contributed by atoms with Crippen LogP contribution in [0.4, 0.5) is 0 Å². The van der Waals surface area contributed by atoms with Gasteiger partial charge in [0.15, 0.2) is 0 Å². The fraction of sp³-hybridized carbons (Fsp3) is 0.130. The Labute approximate surface area is 144 Å². The van der Waals surface area contributed by atoms with E-state index in [1.807, 2.05) is 30.3 Å². The second-order valence-electron chi connectivity index (χ2n) is 5.73. The molecule has 3 rings (SSSR count). The first-order chi connectivity index (χ1) is 11.9. The summed E-state index contributed by atoms with van der Waals surface area (Å²) in [5, 5.41) is 3.50. The van der Waals surface area contributed by atoms with Crippen molar-refractivity contribution >= 4 is 0 Å². The van der Waals surface area contributed by atoms with Gasteiger partial charge in [0.1, 0.15) is 0 Å². The molecule has 0 amide bonds. The van der Waals surface area contributed by atoms with Gasteiger partial charge < -0.3 is 5.32 Å². The van der Waals surface area contributed by atoms with Crippen LogP contribution in [-0.4, -0.2) is 6.54 Å². The van der Waals surface area contributed by atoms with Crippen molar-refractivity contribution in [2.75, 3.05) is 6.54 Å². The molecule has 0 fully saturated rings. The highest BCUT2D eigenvalue weighted by atomic mass is 14.8. The molecule has 3 aromatic carbocycles. The maximum Gasteiger partial charge on any atom is 0.0252 e. The summed E-state index contributed by atoms with van der Waals surface area (Å²) in [6, 6.07) is 29.1. The van der Waals surface area contributed by atoms with E-state index in [0.29, 0.717) is 0 Å². The fourth-order valence-electron chi connectivity index (χ4n) is 2.53. The van der Waals surface area contributed by atoms with E-state index >= 15 is 0 Å². The number of hydrogen-bond donors (Lipinski definition) is 1. The molecule has 0 unspecified atom stereocenters. The van der Waals surface area contributed by atoms with Gasteiger partial charge in [-0.25, -0.2) is 0 Å². The molecule has 1 heteroatoms. The first-order valence-corrected chi connectivity index (χ1v) is 8.31. The Kier molecular flexibility index (Phi) is 5.83. The molecule has 0 saturated carbocycles. The molecule has 0 atom stereocenters. The summed E-state index contributed by atoms with van der Waals surface area (Å²) in [5.41, 5.74) is 4.74. The van der Waals surface area contributed by atoms with Crippen molar-refractivity contribution in [2.24, 2.45) is 0 Å². The predicted molar refractivity (Wildman–Crippen MR) is 101 cm³/mol. The third kappa shape index (κ3) is 5.12. The lowest BCUT2D eigenvalue weighted by molar-refractivity contribution is 0.687. The average Bonchev–Trinajstić information content (AvgIpc) is 2.66. The third-order valence-corrected chi connectivity index (χ3v) is 3.81. The number of benzene rings is 3. The van der Waals surface area contributed by atoms with Crippen LogP contribution in [0.5, 0.6) is 0 Å². The molecule has 24 heavy (non-hydrogen) atoms. The summed E-state index contributed by atoms with van der Waals surface area (Å²) in [4.78, 5) is 0. The second-order valence-corrected chi connectivity index (χ2v) is 5.73. The van der Waals surface area contributed by atoms with Crippen molar-refractivity contribution in [3.8, 4) is 11.8 Å². The summed E-state index contributed by atoms with van der Waals surface area (Å²) < 4.78 is 0. The topological polar surface area (TPSA) is 12.0 Å². The largest absolute Gasteiger partial charge is 0.312 e. The number of rotatable bonds is 5. The van der Waals surface area contributed by atoms with Crippen LogP contribution in [0.1, 0.15) is 22.3 Å². The van der Waals surface area contributed by atoms with Gasteiger partial charge in [-0.1, -0.05) is 72.5 Å². The highest BCUT2D eigenvalue weighted by molar-refractivity contribution is 5.43. The maximum absolute atomic E-state index is 3.50. The van der Waals surface area contributed by atoms with E-state index in [-0.39, 0.29) is 0 Å². The summed E-state index contributed by atoms with van der Waals surface area (Å²) in [7, 11) is 0. The lowest BCUT2D eigenvalue weighted by Crippen LogP contribution is -2.16. The molecule has 0 spiro atoms. The molecule has 0 bridgehead atoms. The first-order valence-electron chi connectivity index (χ1n) is 8.31. The quantitative estimate of drug-likeness (QED) is 0.543. The number of hydrogen-bond acceptors (Lipinski definition) is 1. The normalized spacial score (nSPS) is 10.0. The van der Waals surface area contributed by atoms with E-state index in [4.69, 9.17) is 0 Å². The van der Waals surface area contributed by atoms with Gasteiger partial charge in [0.05, 0.1) is 0 Å². The van der Waals surface area contributed by atoms with Gasteiger partial charge in [-0.3, -0.25) is 0 Å². The van der Waals surface area contributed by atoms with E-state index in [0.717, 1.165) is 30.6 Å². The zero-order valence-corrected chi connectivity index (χ0v) is 13.7. The van der Waals surface area contributed by atoms with Crippen LogP contribution in [0.25, 0.3) is 0 Å². The van der Waals surface area contributed by atoms with Gasteiger partial charge in [0.25, 0.3) is 0 Å². The van der Waals surface area contributed by atoms with Gasteiger partial charge in [-0.2, -0.15) is 0 Å². The summed E-state index contributed by atoms with van der Waals surface area (Å²) in [5.74, 6) is 6.45. The van der Waals surface area contributed by atoms with Gasteiger partial charge in [-0.15, -0.1) is 0 Å². The Hall–Kier alpha value is -2.82. The Morgan fingerprint density at radius 2 is 1.25 bits per heavy atom. The zero-order valence-electron chi connectivity index (χ0n) is 13.7. The molecule has 0 aliphatic carbocycles. The second kappa shape index (κ2) is 8.72. The maximum atomic E-state index is 3.50. The Morgan fingerprint density at radius 3 is 2.04 bits per heavy atom. The fourth-order valence-corrected chi connectivity index (χ4v) is 2.53. The van der Waals surface area contributed by atoms with Crippen LogP contribution in [0.3, 0.4) is 0 Å². The van der Waals surface area contributed by atoms with E-state index in [9.17, 15) is 0 Å². The lowest BCUT2D eigenvalue weighted by Gasteiger charge is -2.05. The zero-order chi connectivity index (χ0) is 16.5. The first kappa shape index (κ1) is 16.1. The average molecular weight is 311 g/mol. The van der Waals surface area contributed by atoms with Crippen molar-refractivity contribution in [1.29, 1.82) is 0 Å². The van der Waals surface area contributed by atoms with Gasteiger partial charge >= 0.3 is 0 Å². The summed E-state index contributed by atoms with van der Waals surface area (Å²) >= 11 is 0. The van der Waals surface area contributed by atoms with Gasteiger partial charge in [-0.05, 0) is 48.4 Å². The highest BCUT2D eigenvalue weighted by Gasteiger charge is 1.95. The monoisotopic (exact) mass is 311 g/mol. The van der Waals surface area contributed by atoms with Crippen LogP contribution >= 0.6 is 0 Å². The minimum Gasteiger partial charge on any atom is -0.312 e. The molecule has 1 nitrogen and oxygen atoms in total. The molecular weight excluding hydrogens is 290 g/mol. The van der Waals surface area contributed by atoms with Gasteiger partial charge in [0.2, 0.25) is 0 Å². The summed E-state index contributed by atoms with van der Waals surface area (Å²) in [6.45, 7) is 1.84. The molecule has 3 aromatic rings. The molecule has 0 aliphatic rings. The van der Waals surface area contributed by atoms with Gasteiger partial charge in [0, 0.05) is 17.7 Å². The summed E-state index contributed by atoms with van der Waals surface area (Å²) in [6.07, 6.45) is 1.05. The molecule has 0 saturated heterocycles. The van der Waals surface area contributed by atoms with Crippen LogP contribution in [0.15, 0.2) is 84.9 Å². The van der Waals surface area contributed by atoms with Crippen LogP contribution in [0.2, 0.25) is 0 Å². The number of nitrogens with one attached hydrogen (secondary N) is 1. The van der Waals surface area contributed by atoms with E-state index in [2.05, 4.69) is 71.8 Å². The smallest absolute Gasteiger partial charge is 0.0252 e. The molecule has 0 heterocycles. The predicted octanol–water partition coefficient (Wildman–Crippen LogP) is 4.42. The van der Waals surface area contributed by atoms with Crippen molar-refractivity contribution < 1.29 is 0 Å². The lowest BCUT2D eigenvalue weighted by atomic mass is 10.1. The standard InChI is InChI=1S/C23H21N/c1-3-8-20(9-4-1)14-15-22-12-7-13-23(18-22)19-24-17-16-21-10-5-2-6-11-21/h1-13,18,24H,16-17,19H2. The van der Waals surface area contributed by atoms with Crippen LogP contribution < -0.4 is 5.32 Å². The van der Waals surface area contributed by atoms with Crippen molar-refractivity contribution in [3.05, 3.63) is 107 Å². The third-order valence-electron chi connectivity index (χ3n) is 3.81. The van der Waals surface area contributed by atoms with E-state index < -0.39 is 0 Å². The SMILES string of the molecule is C(#Cc1cccc(CNCCc2ccccc2)c1)c1ccccc1.